The van der Waals surface area contributed by atoms with E-state index >= 15 is 0 Å². The van der Waals surface area contributed by atoms with Gasteiger partial charge in [0.05, 0.1) is 13.8 Å². The Morgan fingerprint density at radius 2 is 1.82 bits per heavy atom. The van der Waals surface area contributed by atoms with Gasteiger partial charge in [0.1, 0.15) is 5.75 Å². The second kappa shape index (κ2) is 7.90. The summed E-state index contributed by atoms with van der Waals surface area (Å²) >= 11 is 0. The molecule has 0 aliphatic heterocycles. The number of alkyl halides is 1. The first-order valence-corrected chi connectivity index (χ1v) is 5.97. The van der Waals surface area contributed by atoms with Crippen LogP contribution in [0.15, 0.2) is 24.3 Å². The van der Waals surface area contributed by atoms with E-state index in [-0.39, 0.29) is 6.67 Å². The average Bonchev–Trinajstić information content (AvgIpc) is 2.39. The van der Waals surface area contributed by atoms with Crippen molar-refractivity contribution in [2.75, 3.05) is 38.3 Å². The number of methoxy groups -OCH3 is 1. The second-order valence-electron chi connectivity index (χ2n) is 3.87. The van der Waals surface area contributed by atoms with Crippen LogP contribution >= 0.6 is 0 Å². The van der Waals surface area contributed by atoms with Crippen molar-refractivity contribution in [2.45, 2.75) is 12.8 Å². The molecule has 0 spiro atoms. The summed E-state index contributed by atoms with van der Waals surface area (Å²) in [5, 5.41) is 0. The summed E-state index contributed by atoms with van der Waals surface area (Å²) in [5.74, 6) is 0.831. The summed E-state index contributed by atoms with van der Waals surface area (Å²) in [4.78, 5) is 2.16. The van der Waals surface area contributed by atoms with Crippen LogP contribution in [0, 0.1) is 0 Å². The van der Waals surface area contributed by atoms with Gasteiger partial charge >= 0.3 is 0 Å². The normalized spacial score (nSPS) is 10.3. The van der Waals surface area contributed by atoms with E-state index in [9.17, 15) is 4.39 Å². The minimum Gasteiger partial charge on any atom is -0.497 e. The fourth-order valence-corrected chi connectivity index (χ4v) is 1.70. The van der Waals surface area contributed by atoms with Gasteiger partial charge in [-0.05, 0) is 43.7 Å². The fraction of sp³-hybridized carbons (Fsp3) is 0.538. The molecule has 0 bridgehead atoms. The molecule has 0 saturated carbocycles. The molecule has 0 fully saturated rings. The Morgan fingerprint density at radius 1 is 1.18 bits per heavy atom. The van der Waals surface area contributed by atoms with Crippen LogP contribution in [0.5, 0.6) is 5.75 Å². The van der Waals surface area contributed by atoms with Crippen molar-refractivity contribution >= 4 is 5.69 Å². The lowest BCUT2D eigenvalue weighted by molar-refractivity contribution is 0.414. The number of halogens is 1. The average molecular weight is 240 g/mol. The molecule has 0 aromatic heterocycles. The molecule has 1 rings (SSSR count). The predicted octanol–water partition coefficient (Wildman–Crippen LogP) is 2.21. The maximum atomic E-state index is 12.2. The lowest BCUT2D eigenvalue weighted by Gasteiger charge is -2.24. The fourth-order valence-electron chi connectivity index (χ4n) is 1.70. The molecule has 0 unspecified atom stereocenters. The third-order valence-corrected chi connectivity index (χ3v) is 2.63. The molecule has 0 atom stereocenters. The van der Waals surface area contributed by atoms with Crippen molar-refractivity contribution in [3.8, 4) is 5.75 Å². The van der Waals surface area contributed by atoms with E-state index in [2.05, 4.69) is 4.90 Å². The highest BCUT2D eigenvalue weighted by Crippen LogP contribution is 2.19. The molecular weight excluding hydrogens is 219 g/mol. The summed E-state index contributed by atoms with van der Waals surface area (Å²) in [6.45, 7) is 1.96. The Morgan fingerprint density at radius 3 is 2.35 bits per heavy atom. The number of rotatable bonds is 8. The number of ether oxygens (including phenoxy) is 1. The van der Waals surface area contributed by atoms with Crippen LogP contribution in [-0.4, -0.2) is 33.4 Å². The first kappa shape index (κ1) is 13.8. The van der Waals surface area contributed by atoms with Gasteiger partial charge in [-0.3, -0.25) is 4.39 Å². The quantitative estimate of drug-likeness (QED) is 0.757. The van der Waals surface area contributed by atoms with Crippen molar-refractivity contribution < 1.29 is 9.13 Å². The van der Waals surface area contributed by atoms with Gasteiger partial charge in [-0.2, -0.15) is 0 Å². The highest BCUT2D eigenvalue weighted by molar-refractivity contribution is 5.49. The van der Waals surface area contributed by atoms with E-state index in [0.717, 1.165) is 30.9 Å². The third kappa shape index (κ3) is 4.61. The molecule has 17 heavy (non-hydrogen) atoms. The molecular formula is C13H21FN2O. The number of hydrogen-bond donors (Lipinski definition) is 1. The zero-order valence-corrected chi connectivity index (χ0v) is 10.4. The van der Waals surface area contributed by atoms with Crippen LogP contribution in [0.4, 0.5) is 10.1 Å². The Labute approximate surface area is 102 Å². The van der Waals surface area contributed by atoms with Crippen molar-refractivity contribution in [1.29, 1.82) is 0 Å². The van der Waals surface area contributed by atoms with E-state index < -0.39 is 0 Å². The van der Waals surface area contributed by atoms with Gasteiger partial charge in [0.2, 0.25) is 0 Å². The van der Waals surface area contributed by atoms with Crippen LogP contribution in [0.2, 0.25) is 0 Å². The van der Waals surface area contributed by atoms with Gasteiger partial charge in [0.15, 0.2) is 0 Å². The maximum absolute atomic E-state index is 12.2. The number of hydrogen-bond acceptors (Lipinski definition) is 3. The zero-order chi connectivity index (χ0) is 12.5. The van der Waals surface area contributed by atoms with Crippen LogP contribution < -0.4 is 15.4 Å². The molecule has 96 valence electrons. The predicted molar refractivity (Wildman–Crippen MR) is 69.5 cm³/mol. The second-order valence-corrected chi connectivity index (χ2v) is 3.87. The highest BCUT2D eigenvalue weighted by Gasteiger charge is 2.05. The maximum Gasteiger partial charge on any atom is 0.119 e. The molecule has 1 aromatic rings. The van der Waals surface area contributed by atoms with E-state index in [4.69, 9.17) is 10.5 Å². The Bertz CT molecular complexity index is 295. The van der Waals surface area contributed by atoms with Gasteiger partial charge in [-0.15, -0.1) is 0 Å². The molecule has 4 heteroatoms. The zero-order valence-electron chi connectivity index (χ0n) is 10.4. The smallest absolute Gasteiger partial charge is 0.119 e. The Hall–Kier alpha value is -1.29. The van der Waals surface area contributed by atoms with Crippen LogP contribution in [0.3, 0.4) is 0 Å². The van der Waals surface area contributed by atoms with Crippen molar-refractivity contribution in [1.82, 2.24) is 0 Å². The topological polar surface area (TPSA) is 38.5 Å². The first-order valence-electron chi connectivity index (χ1n) is 5.97. The molecule has 3 nitrogen and oxygen atoms in total. The number of benzene rings is 1. The molecule has 0 aliphatic rings. The van der Waals surface area contributed by atoms with Crippen molar-refractivity contribution in [3.63, 3.8) is 0 Å². The first-order chi connectivity index (χ1) is 8.31. The summed E-state index contributed by atoms with van der Waals surface area (Å²) in [6, 6.07) is 7.82. The largest absolute Gasteiger partial charge is 0.497 e. The van der Waals surface area contributed by atoms with Crippen LogP contribution in [-0.2, 0) is 0 Å². The van der Waals surface area contributed by atoms with Crippen LogP contribution in [0.1, 0.15) is 12.8 Å². The minimum atomic E-state index is -0.282. The lowest BCUT2D eigenvalue weighted by Crippen LogP contribution is -2.27. The lowest BCUT2D eigenvalue weighted by atomic mass is 10.2. The van der Waals surface area contributed by atoms with Gasteiger partial charge in [-0.25, -0.2) is 0 Å². The van der Waals surface area contributed by atoms with E-state index in [0.29, 0.717) is 13.0 Å². The van der Waals surface area contributed by atoms with E-state index in [1.807, 2.05) is 24.3 Å². The molecule has 0 radical (unpaired) electrons. The van der Waals surface area contributed by atoms with Gasteiger partial charge in [0, 0.05) is 18.8 Å². The standard InChI is InChI=1S/C13H21FN2O/c1-17-13-6-4-12(5-7-13)16(10-2-8-14)11-3-9-15/h4-7H,2-3,8-11,15H2,1H3. The van der Waals surface area contributed by atoms with Crippen molar-refractivity contribution in [2.24, 2.45) is 5.73 Å². The molecule has 0 aliphatic carbocycles. The van der Waals surface area contributed by atoms with Gasteiger partial charge in [-0.1, -0.05) is 0 Å². The van der Waals surface area contributed by atoms with Gasteiger partial charge < -0.3 is 15.4 Å². The van der Waals surface area contributed by atoms with Crippen LogP contribution in [0.25, 0.3) is 0 Å². The Kier molecular flexibility index (Phi) is 6.40. The van der Waals surface area contributed by atoms with E-state index in [1.165, 1.54) is 0 Å². The summed E-state index contributed by atoms with van der Waals surface area (Å²) in [6.07, 6.45) is 1.47. The summed E-state index contributed by atoms with van der Waals surface area (Å²) in [5.41, 5.74) is 6.60. The number of nitrogens with two attached hydrogens (primary N) is 1. The Balaban J connectivity index is 2.65. The third-order valence-electron chi connectivity index (χ3n) is 2.63. The van der Waals surface area contributed by atoms with Crippen molar-refractivity contribution in [3.05, 3.63) is 24.3 Å². The van der Waals surface area contributed by atoms with Gasteiger partial charge in [0.25, 0.3) is 0 Å². The molecule has 0 saturated heterocycles. The summed E-state index contributed by atoms with van der Waals surface area (Å²) < 4.78 is 17.4. The minimum absolute atomic E-state index is 0.282. The SMILES string of the molecule is COc1ccc(N(CCCN)CCCF)cc1. The molecule has 0 amide bonds. The molecule has 2 N–H and O–H groups in total. The van der Waals surface area contributed by atoms with E-state index in [1.54, 1.807) is 7.11 Å². The number of anilines is 1. The molecule has 0 heterocycles. The molecule has 1 aromatic carbocycles. The highest BCUT2D eigenvalue weighted by atomic mass is 19.1. The number of nitrogens with zero attached hydrogens (tertiary/aromatic N) is 1. The monoisotopic (exact) mass is 240 g/mol. The summed E-state index contributed by atoms with van der Waals surface area (Å²) in [7, 11) is 1.64.